The molecule has 0 atom stereocenters. The van der Waals surface area contributed by atoms with Gasteiger partial charge in [0.2, 0.25) is 0 Å². The molecule has 0 unspecified atom stereocenters. The van der Waals surface area contributed by atoms with E-state index in [-0.39, 0.29) is 5.60 Å². The summed E-state index contributed by atoms with van der Waals surface area (Å²) in [7, 11) is 1.99. The Morgan fingerprint density at radius 2 is 2.44 bits per heavy atom. The molecule has 3 aliphatic rings. The summed E-state index contributed by atoms with van der Waals surface area (Å²) in [5.41, 5.74) is 0.277. The SMILES string of the molecule is CNCC12CC(CO1)C2. The van der Waals surface area contributed by atoms with Crippen molar-refractivity contribution < 1.29 is 4.74 Å². The second-order valence-electron chi connectivity index (χ2n) is 3.30. The minimum atomic E-state index is 0.277. The number of nitrogens with one attached hydrogen (secondary N) is 1. The lowest BCUT2D eigenvalue weighted by molar-refractivity contribution is 0.00445. The van der Waals surface area contributed by atoms with Crippen molar-refractivity contribution >= 4 is 0 Å². The second kappa shape index (κ2) is 1.70. The van der Waals surface area contributed by atoms with Crippen LogP contribution in [0.1, 0.15) is 12.8 Å². The molecule has 3 fully saturated rings. The highest BCUT2D eigenvalue weighted by atomic mass is 16.5. The summed E-state index contributed by atoms with van der Waals surface area (Å²) in [4.78, 5) is 0. The van der Waals surface area contributed by atoms with Gasteiger partial charge in [-0.1, -0.05) is 0 Å². The van der Waals surface area contributed by atoms with E-state index in [1.807, 2.05) is 7.05 Å². The first-order valence-corrected chi connectivity index (χ1v) is 3.63. The van der Waals surface area contributed by atoms with Crippen LogP contribution in [0, 0.1) is 5.92 Å². The Balaban J connectivity index is 1.95. The Bertz CT molecular complexity index is 113. The average molecular weight is 127 g/mol. The van der Waals surface area contributed by atoms with Gasteiger partial charge in [-0.25, -0.2) is 0 Å². The largest absolute Gasteiger partial charge is 0.373 e. The third-order valence-corrected chi connectivity index (χ3v) is 2.45. The topological polar surface area (TPSA) is 21.3 Å². The molecular formula is C7H13NO. The number of rotatable bonds is 2. The van der Waals surface area contributed by atoms with E-state index in [1.165, 1.54) is 12.8 Å². The van der Waals surface area contributed by atoms with Gasteiger partial charge in [0, 0.05) is 6.54 Å². The molecule has 0 radical (unpaired) electrons. The minimum Gasteiger partial charge on any atom is -0.373 e. The van der Waals surface area contributed by atoms with Crippen LogP contribution in [-0.2, 0) is 4.74 Å². The fourth-order valence-electron chi connectivity index (χ4n) is 2.04. The molecule has 1 N–H and O–H groups in total. The molecule has 0 aromatic heterocycles. The van der Waals surface area contributed by atoms with E-state index in [2.05, 4.69) is 5.32 Å². The Labute approximate surface area is 55.6 Å². The summed E-state index contributed by atoms with van der Waals surface area (Å²) < 4.78 is 5.59. The predicted molar refractivity (Wildman–Crippen MR) is 35.3 cm³/mol. The first-order valence-electron chi connectivity index (χ1n) is 3.63. The molecule has 2 bridgehead atoms. The van der Waals surface area contributed by atoms with E-state index in [0.717, 1.165) is 19.1 Å². The summed E-state index contributed by atoms with van der Waals surface area (Å²) in [6.45, 7) is 2.06. The third kappa shape index (κ3) is 0.700. The number of hydrogen-bond acceptors (Lipinski definition) is 2. The molecule has 9 heavy (non-hydrogen) atoms. The molecule has 0 aromatic carbocycles. The molecule has 3 rings (SSSR count). The van der Waals surface area contributed by atoms with E-state index >= 15 is 0 Å². The van der Waals surface area contributed by atoms with Crippen LogP contribution in [0.2, 0.25) is 0 Å². The lowest BCUT2D eigenvalue weighted by Gasteiger charge is -2.35. The van der Waals surface area contributed by atoms with Crippen LogP contribution >= 0.6 is 0 Å². The number of likely N-dealkylation sites (N-methyl/N-ethyl adjacent to an activating group) is 1. The van der Waals surface area contributed by atoms with Crippen molar-refractivity contribution in [3.05, 3.63) is 0 Å². The molecule has 0 amide bonds. The highest BCUT2D eigenvalue weighted by Gasteiger charge is 2.51. The zero-order valence-electron chi connectivity index (χ0n) is 5.81. The van der Waals surface area contributed by atoms with Crippen molar-refractivity contribution in [2.75, 3.05) is 20.2 Å². The Kier molecular flexibility index (Phi) is 1.08. The maximum absolute atomic E-state index is 5.59. The van der Waals surface area contributed by atoms with Gasteiger partial charge < -0.3 is 10.1 Å². The first-order chi connectivity index (χ1) is 4.35. The monoisotopic (exact) mass is 127 g/mol. The molecule has 1 aliphatic carbocycles. The Morgan fingerprint density at radius 3 is 2.89 bits per heavy atom. The van der Waals surface area contributed by atoms with Crippen LogP contribution < -0.4 is 5.32 Å². The average Bonchev–Trinajstić information content (AvgIpc) is 2.22. The van der Waals surface area contributed by atoms with E-state index in [0.29, 0.717) is 0 Å². The number of hydrogen-bond donors (Lipinski definition) is 1. The summed E-state index contributed by atoms with van der Waals surface area (Å²) in [5, 5.41) is 3.16. The molecule has 0 spiro atoms. The molecule has 1 saturated carbocycles. The van der Waals surface area contributed by atoms with Gasteiger partial charge in [0.1, 0.15) is 0 Å². The molecule has 2 heterocycles. The molecule has 2 heteroatoms. The van der Waals surface area contributed by atoms with E-state index in [9.17, 15) is 0 Å². The number of ether oxygens (including phenoxy) is 1. The fourth-order valence-corrected chi connectivity index (χ4v) is 2.04. The maximum Gasteiger partial charge on any atom is 0.0813 e. The normalized spacial score (nSPS) is 47.0. The molecule has 2 nitrogen and oxygen atoms in total. The van der Waals surface area contributed by atoms with Crippen molar-refractivity contribution in [3.8, 4) is 0 Å². The van der Waals surface area contributed by atoms with Crippen molar-refractivity contribution in [1.29, 1.82) is 0 Å². The van der Waals surface area contributed by atoms with Gasteiger partial charge in [0.25, 0.3) is 0 Å². The third-order valence-electron chi connectivity index (χ3n) is 2.45. The van der Waals surface area contributed by atoms with Crippen molar-refractivity contribution in [3.63, 3.8) is 0 Å². The van der Waals surface area contributed by atoms with Crippen LogP contribution in [0.4, 0.5) is 0 Å². The van der Waals surface area contributed by atoms with Gasteiger partial charge in [-0.05, 0) is 25.8 Å². The summed E-state index contributed by atoms with van der Waals surface area (Å²) >= 11 is 0. The summed E-state index contributed by atoms with van der Waals surface area (Å²) in [6.07, 6.45) is 2.60. The molecule has 2 saturated heterocycles. The molecule has 52 valence electrons. The predicted octanol–water partition coefficient (Wildman–Crippen LogP) is 0.385. The second-order valence-corrected chi connectivity index (χ2v) is 3.30. The molecule has 2 aliphatic heterocycles. The Hall–Kier alpha value is -0.0800. The quantitative estimate of drug-likeness (QED) is 0.579. The maximum atomic E-state index is 5.59. The lowest BCUT2D eigenvalue weighted by Crippen LogP contribution is -2.44. The standard InChI is InChI=1S/C7H13NO/c1-8-5-7-2-6(3-7)4-9-7/h6,8H,2-5H2,1H3. The van der Waals surface area contributed by atoms with Crippen LogP contribution in [0.5, 0.6) is 0 Å². The van der Waals surface area contributed by atoms with Gasteiger partial charge in [-0.15, -0.1) is 0 Å². The summed E-state index contributed by atoms with van der Waals surface area (Å²) in [5.74, 6) is 0.901. The van der Waals surface area contributed by atoms with Gasteiger partial charge in [-0.3, -0.25) is 0 Å². The van der Waals surface area contributed by atoms with Crippen LogP contribution in [-0.4, -0.2) is 25.8 Å². The van der Waals surface area contributed by atoms with Gasteiger partial charge in [0.15, 0.2) is 0 Å². The van der Waals surface area contributed by atoms with Crippen LogP contribution in [0.15, 0.2) is 0 Å². The van der Waals surface area contributed by atoms with Crippen molar-refractivity contribution in [1.82, 2.24) is 5.32 Å². The molecule has 0 aromatic rings. The summed E-state index contributed by atoms with van der Waals surface area (Å²) in [6, 6.07) is 0. The fraction of sp³-hybridized carbons (Fsp3) is 1.00. The van der Waals surface area contributed by atoms with Gasteiger partial charge >= 0.3 is 0 Å². The number of fused-ring (bicyclic) bond motifs is 1. The zero-order valence-corrected chi connectivity index (χ0v) is 5.81. The van der Waals surface area contributed by atoms with Gasteiger partial charge in [0.05, 0.1) is 12.2 Å². The zero-order chi connectivity index (χ0) is 6.32. The van der Waals surface area contributed by atoms with Crippen LogP contribution in [0.3, 0.4) is 0 Å². The van der Waals surface area contributed by atoms with Crippen LogP contribution in [0.25, 0.3) is 0 Å². The molecular weight excluding hydrogens is 114 g/mol. The van der Waals surface area contributed by atoms with E-state index < -0.39 is 0 Å². The van der Waals surface area contributed by atoms with Gasteiger partial charge in [-0.2, -0.15) is 0 Å². The Morgan fingerprint density at radius 1 is 1.67 bits per heavy atom. The lowest BCUT2D eigenvalue weighted by atomic mass is 9.75. The first kappa shape index (κ1) is 5.69. The van der Waals surface area contributed by atoms with E-state index in [4.69, 9.17) is 4.74 Å². The smallest absolute Gasteiger partial charge is 0.0813 e. The van der Waals surface area contributed by atoms with E-state index in [1.54, 1.807) is 0 Å². The minimum absolute atomic E-state index is 0.277. The highest BCUT2D eigenvalue weighted by Crippen LogP contribution is 2.47. The highest BCUT2D eigenvalue weighted by molar-refractivity contribution is 5.02. The van der Waals surface area contributed by atoms with Crippen molar-refractivity contribution in [2.45, 2.75) is 18.4 Å². The van der Waals surface area contributed by atoms with Crippen molar-refractivity contribution in [2.24, 2.45) is 5.92 Å².